The first-order chi connectivity index (χ1) is 12.0. The standard InChI is InChI=1S/C18H22N2O4S/c1-19(18(17(23)24)9-5-2-6-10-18)15(21)11-20-13-7-3-4-8-14(13)25-12-16(20)22/h3-4,7-8H,2,5-6,9-12H2,1H3,(H,23,24). The maximum Gasteiger partial charge on any atom is 0.329 e. The molecule has 1 aromatic carbocycles. The highest BCUT2D eigenvalue weighted by atomic mass is 32.2. The topological polar surface area (TPSA) is 77.9 Å². The number of likely N-dealkylation sites (N-methyl/N-ethyl adjacent to an activating group) is 1. The normalized spacial score (nSPS) is 19.2. The molecule has 1 saturated carbocycles. The molecular formula is C18H22N2O4S. The summed E-state index contributed by atoms with van der Waals surface area (Å²) in [5, 5.41) is 9.75. The van der Waals surface area contributed by atoms with E-state index in [1.165, 1.54) is 21.6 Å². The Balaban J connectivity index is 1.82. The largest absolute Gasteiger partial charge is 0.479 e. The fraction of sp³-hybridized carbons (Fsp3) is 0.500. The summed E-state index contributed by atoms with van der Waals surface area (Å²) < 4.78 is 0. The van der Waals surface area contributed by atoms with Gasteiger partial charge in [0.1, 0.15) is 12.1 Å². The van der Waals surface area contributed by atoms with Gasteiger partial charge in [-0.2, -0.15) is 0 Å². The summed E-state index contributed by atoms with van der Waals surface area (Å²) in [7, 11) is 1.55. The maximum absolute atomic E-state index is 12.8. The number of carboxylic acid groups (broad SMARTS) is 1. The highest BCUT2D eigenvalue weighted by Crippen LogP contribution is 2.36. The summed E-state index contributed by atoms with van der Waals surface area (Å²) in [6.45, 7) is -0.123. The molecule has 134 valence electrons. The van der Waals surface area contributed by atoms with E-state index in [1.54, 1.807) is 7.05 Å². The van der Waals surface area contributed by atoms with E-state index in [0.29, 0.717) is 12.8 Å². The molecule has 0 unspecified atom stereocenters. The zero-order valence-electron chi connectivity index (χ0n) is 14.2. The van der Waals surface area contributed by atoms with Gasteiger partial charge in [0.25, 0.3) is 0 Å². The summed E-state index contributed by atoms with van der Waals surface area (Å²) in [4.78, 5) is 40.8. The van der Waals surface area contributed by atoms with E-state index < -0.39 is 11.5 Å². The van der Waals surface area contributed by atoms with Gasteiger partial charge < -0.3 is 14.9 Å². The number of aliphatic carboxylic acids is 1. The number of anilines is 1. The second-order valence-electron chi connectivity index (χ2n) is 6.59. The van der Waals surface area contributed by atoms with Crippen LogP contribution in [0.1, 0.15) is 32.1 Å². The van der Waals surface area contributed by atoms with Gasteiger partial charge in [-0.15, -0.1) is 11.8 Å². The maximum atomic E-state index is 12.8. The first-order valence-corrected chi connectivity index (χ1v) is 9.46. The predicted octanol–water partition coefficient (Wildman–Crippen LogP) is 2.37. The average molecular weight is 362 g/mol. The minimum absolute atomic E-state index is 0.123. The van der Waals surface area contributed by atoms with E-state index in [0.717, 1.165) is 29.8 Å². The van der Waals surface area contributed by atoms with Crippen LogP contribution in [0.2, 0.25) is 0 Å². The fourth-order valence-corrected chi connectivity index (χ4v) is 4.57. The Morgan fingerprint density at radius 3 is 2.60 bits per heavy atom. The number of rotatable bonds is 4. The predicted molar refractivity (Wildman–Crippen MR) is 95.7 cm³/mol. The van der Waals surface area contributed by atoms with Gasteiger partial charge in [0.2, 0.25) is 11.8 Å². The Labute approximate surface area is 151 Å². The van der Waals surface area contributed by atoms with Gasteiger partial charge in [0.05, 0.1) is 11.4 Å². The number of hydrogen-bond donors (Lipinski definition) is 1. The van der Waals surface area contributed by atoms with Gasteiger partial charge in [-0.25, -0.2) is 4.79 Å². The zero-order chi connectivity index (χ0) is 18.0. The van der Waals surface area contributed by atoms with E-state index >= 15 is 0 Å². The van der Waals surface area contributed by atoms with Gasteiger partial charge in [0.15, 0.2) is 0 Å². The minimum Gasteiger partial charge on any atom is -0.479 e. The third-order valence-electron chi connectivity index (χ3n) is 5.20. The monoisotopic (exact) mass is 362 g/mol. The first kappa shape index (κ1) is 17.8. The molecule has 0 bridgehead atoms. The van der Waals surface area contributed by atoms with Crippen LogP contribution in [0.25, 0.3) is 0 Å². The van der Waals surface area contributed by atoms with Crippen LogP contribution in [0.3, 0.4) is 0 Å². The van der Waals surface area contributed by atoms with Crippen molar-refractivity contribution in [3.63, 3.8) is 0 Å². The zero-order valence-corrected chi connectivity index (χ0v) is 15.1. The molecule has 3 rings (SSSR count). The van der Waals surface area contributed by atoms with Crippen molar-refractivity contribution in [3.8, 4) is 0 Å². The van der Waals surface area contributed by atoms with Crippen LogP contribution in [0, 0.1) is 0 Å². The molecule has 7 heteroatoms. The van der Waals surface area contributed by atoms with Gasteiger partial charge in [0, 0.05) is 11.9 Å². The Kier molecular flexibility index (Phi) is 5.03. The lowest BCUT2D eigenvalue weighted by Crippen LogP contribution is -2.58. The quantitative estimate of drug-likeness (QED) is 0.890. The second kappa shape index (κ2) is 7.07. The molecule has 25 heavy (non-hydrogen) atoms. The van der Waals surface area contributed by atoms with Crippen LogP contribution in [-0.4, -0.2) is 52.7 Å². The molecule has 1 fully saturated rings. The van der Waals surface area contributed by atoms with Crippen molar-refractivity contribution < 1.29 is 19.5 Å². The number of benzene rings is 1. The van der Waals surface area contributed by atoms with Gasteiger partial charge >= 0.3 is 5.97 Å². The van der Waals surface area contributed by atoms with E-state index in [1.807, 2.05) is 24.3 Å². The van der Waals surface area contributed by atoms with Crippen molar-refractivity contribution in [2.24, 2.45) is 0 Å². The Hall–Kier alpha value is -2.02. The lowest BCUT2D eigenvalue weighted by atomic mass is 9.80. The molecule has 1 aliphatic heterocycles. The van der Waals surface area contributed by atoms with Gasteiger partial charge in [-0.05, 0) is 25.0 Å². The number of carbonyl (C=O) groups is 3. The second-order valence-corrected chi connectivity index (χ2v) is 7.60. The van der Waals surface area contributed by atoms with Crippen molar-refractivity contribution in [2.45, 2.75) is 42.5 Å². The van der Waals surface area contributed by atoms with Crippen LogP contribution in [0.5, 0.6) is 0 Å². The first-order valence-electron chi connectivity index (χ1n) is 8.48. The number of fused-ring (bicyclic) bond motifs is 1. The van der Waals surface area contributed by atoms with E-state index in [9.17, 15) is 19.5 Å². The molecule has 1 aromatic rings. The molecule has 0 spiro atoms. The molecule has 1 N–H and O–H groups in total. The third-order valence-corrected chi connectivity index (χ3v) is 6.24. The van der Waals surface area contributed by atoms with Crippen molar-refractivity contribution >= 4 is 35.2 Å². The Morgan fingerprint density at radius 2 is 1.92 bits per heavy atom. The molecule has 1 heterocycles. The van der Waals surface area contributed by atoms with Crippen LogP contribution in [-0.2, 0) is 14.4 Å². The Bertz CT molecular complexity index is 700. The highest BCUT2D eigenvalue weighted by Gasteiger charge is 2.45. The van der Waals surface area contributed by atoms with Crippen molar-refractivity contribution in [1.29, 1.82) is 0 Å². The molecule has 0 aromatic heterocycles. The van der Waals surface area contributed by atoms with Crippen molar-refractivity contribution in [2.75, 3.05) is 24.2 Å². The van der Waals surface area contributed by atoms with Crippen LogP contribution >= 0.6 is 11.8 Å². The molecular weight excluding hydrogens is 340 g/mol. The number of carboxylic acids is 1. The van der Waals surface area contributed by atoms with Gasteiger partial charge in [-0.1, -0.05) is 31.4 Å². The van der Waals surface area contributed by atoms with Crippen LogP contribution < -0.4 is 4.90 Å². The van der Waals surface area contributed by atoms with Crippen LogP contribution in [0.4, 0.5) is 5.69 Å². The number of para-hydroxylation sites is 1. The summed E-state index contributed by atoms with van der Waals surface area (Å²) in [6, 6.07) is 7.47. The Morgan fingerprint density at radius 1 is 1.24 bits per heavy atom. The summed E-state index contributed by atoms with van der Waals surface area (Å²) in [6.07, 6.45) is 3.51. The van der Waals surface area contributed by atoms with E-state index in [4.69, 9.17) is 0 Å². The minimum atomic E-state index is -1.15. The SMILES string of the molecule is CN(C(=O)CN1C(=O)CSc2ccccc21)C1(C(=O)O)CCCCC1. The third kappa shape index (κ3) is 3.25. The fourth-order valence-electron chi connectivity index (χ4n) is 3.64. The van der Waals surface area contributed by atoms with E-state index in [2.05, 4.69) is 0 Å². The van der Waals surface area contributed by atoms with E-state index in [-0.39, 0.29) is 24.1 Å². The molecule has 0 radical (unpaired) electrons. The number of amides is 2. The molecule has 2 aliphatic rings. The smallest absolute Gasteiger partial charge is 0.329 e. The van der Waals surface area contributed by atoms with Gasteiger partial charge in [-0.3, -0.25) is 9.59 Å². The number of nitrogens with zero attached hydrogens (tertiary/aromatic N) is 2. The lowest BCUT2D eigenvalue weighted by Gasteiger charge is -2.42. The van der Waals surface area contributed by atoms with Crippen molar-refractivity contribution in [1.82, 2.24) is 4.90 Å². The van der Waals surface area contributed by atoms with Crippen LogP contribution in [0.15, 0.2) is 29.2 Å². The average Bonchev–Trinajstić information content (AvgIpc) is 2.63. The summed E-state index contributed by atoms with van der Waals surface area (Å²) in [5.41, 5.74) is -0.430. The summed E-state index contributed by atoms with van der Waals surface area (Å²) >= 11 is 1.46. The number of thioether (sulfide) groups is 1. The summed E-state index contributed by atoms with van der Waals surface area (Å²) in [5.74, 6) is -1.13. The molecule has 0 atom stereocenters. The lowest BCUT2D eigenvalue weighted by molar-refractivity contribution is -0.159. The molecule has 2 amide bonds. The number of hydrogen-bond acceptors (Lipinski definition) is 4. The molecule has 1 aliphatic carbocycles. The molecule has 0 saturated heterocycles. The molecule has 6 nitrogen and oxygen atoms in total. The van der Waals surface area contributed by atoms with Crippen molar-refractivity contribution in [3.05, 3.63) is 24.3 Å². The highest BCUT2D eigenvalue weighted by molar-refractivity contribution is 8.00. The number of carbonyl (C=O) groups excluding carboxylic acids is 2.